The molecule has 0 saturated carbocycles. The normalized spacial score (nSPS) is 24.8. The van der Waals surface area contributed by atoms with Gasteiger partial charge in [0.05, 0.1) is 26.2 Å². The van der Waals surface area contributed by atoms with Crippen LogP contribution in [0.5, 0.6) is 5.75 Å². The summed E-state index contributed by atoms with van der Waals surface area (Å²) in [6, 6.07) is 10.8. The minimum Gasteiger partial charge on any atom is -0.497 e. The van der Waals surface area contributed by atoms with Crippen LogP contribution in [-0.2, 0) is 26.3 Å². The Labute approximate surface area is 210 Å². The SMILES string of the molecule is COc1cccc(CC(=O)N2CCC([C@]3(c4cccnc4)NC(=O)N(C[C@H]4CCCO4)C3=O)CC2)c1. The minimum atomic E-state index is -1.19. The fourth-order valence-corrected chi connectivity index (χ4v) is 5.69. The number of urea groups is 1. The number of ether oxygens (including phenoxy) is 2. The molecule has 2 aromatic rings. The van der Waals surface area contributed by atoms with Crippen molar-refractivity contribution in [2.75, 3.05) is 33.4 Å². The smallest absolute Gasteiger partial charge is 0.325 e. The Kier molecular flexibility index (Phi) is 6.91. The van der Waals surface area contributed by atoms with Crippen LogP contribution in [0.4, 0.5) is 4.79 Å². The molecular formula is C27H32N4O5. The molecule has 36 heavy (non-hydrogen) atoms. The highest BCUT2D eigenvalue weighted by Crippen LogP contribution is 2.41. The molecule has 3 fully saturated rings. The maximum absolute atomic E-state index is 13.9. The summed E-state index contributed by atoms with van der Waals surface area (Å²) < 4.78 is 11.0. The Morgan fingerprint density at radius 3 is 2.72 bits per heavy atom. The summed E-state index contributed by atoms with van der Waals surface area (Å²) in [5.74, 6) is 0.352. The third-order valence-electron chi connectivity index (χ3n) is 7.61. The topological polar surface area (TPSA) is 101 Å². The van der Waals surface area contributed by atoms with E-state index in [1.54, 1.807) is 25.6 Å². The first-order valence-corrected chi connectivity index (χ1v) is 12.6. The van der Waals surface area contributed by atoms with Gasteiger partial charge in [-0.2, -0.15) is 0 Å². The van der Waals surface area contributed by atoms with E-state index in [-0.39, 0.29) is 30.4 Å². The highest BCUT2D eigenvalue weighted by Gasteiger charge is 2.57. The number of imide groups is 1. The number of aromatic nitrogens is 1. The Bertz CT molecular complexity index is 1110. The van der Waals surface area contributed by atoms with Gasteiger partial charge in [0.25, 0.3) is 5.91 Å². The van der Waals surface area contributed by atoms with Crippen molar-refractivity contribution in [3.63, 3.8) is 0 Å². The summed E-state index contributed by atoms with van der Waals surface area (Å²) >= 11 is 0. The van der Waals surface area contributed by atoms with Gasteiger partial charge in [-0.15, -0.1) is 0 Å². The summed E-state index contributed by atoms with van der Waals surface area (Å²) in [6.07, 6.45) is 6.45. The predicted octanol–water partition coefficient (Wildman–Crippen LogP) is 2.50. The molecule has 3 saturated heterocycles. The molecule has 0 bridgehead atoms. The number of nitrogens with zero attached hydrogens (tertiary/aromatic N) is 3. The summed E-state index contributed by atoms with van der Waals surface area (Å²) in [6.45, 7) is 1.95. The van der Waals surface area contributed by atoms with Gasteiger partial charge in [0.15, 0.2) is 5.54 Å². The summed E-state index contributed by atoms with van der Waals surface area (Å²) in [5.41, 5.74) is 0.391. The lowest BCUT2D eigenvalue weighted by molar-refractivity contribution is -0.137. The summed E-state index contributed by atoms with van der Waals surface area (Å²) in [5, 5.41) is 3.05. The van der Waals surface area contributed by atoms with E-state index in [4.69, 9.17) is 9.47 Å². The number of nitrogens with one attached hydrogen (secondary N) is 1. The van der Waals surface area contributed by atoms with Crippen molar-refractivity contribution in [2.45, 2.75) is 43.7 Å². The molecule has 3 aliphatic rings. The number of piperidine rings is 1. The van der Waals surface area contributed by atoms with Crippen LogP contribution in [0.2, 0.25) is 0 Å². The van der Waals surface area contributed by atoms with Gasteiger partial charge < -0.3 is 19.7 Å². The van der Waals surface area contributed by atoms with E-state index >= 15 is 0 Å². The molecule has 1 N–H and O–H groups in total. The molecule has 0 spiro atoms. The summed E-state index contributed by atoms with van der Waals surface area (Å²) in [4.78, 5) is 47.4. The largest absolute Gasteiger partial charge is 0.497 e. The number of hydrogen-bond donors (Lipinski definition) is 1. The zero-order valence-electron chi connectivity index (χ0n) is 20.5. The van der Waals surface area contributed by atoms with Crippen molar-refractivity contribution >= 4 is 17.8 Å². The molecule has 9 heteroatoms. The number of carbonyl (C=O) groups excluding carboxylic acids is 3. The maximum Gasteiger partial charge on any atom is 0.325 e. The van der Waals surface area contributed by atoms with Crippen LogP contribution in [0, 0.1) is 5.92 Å². The van der Waals surface area contributed by atoms with Gasteiger partial charge >= 0.3 is 6.03 Å². The van der Waals surface area contributed by atoms with Gasteiger partial charge in [-0.25, -0.2) is 4.79 Å². The van der Waals surface area contributed by atoms with E-state index in [2.05, 4.69) is 10.3 Å². The number of likely N-dealkylation sites (tertiary alicyclic amines) is 1. The molecule has 0 aliphatic carbocycles. The lowest BCUT2D eigenvalue weighted by Gasteiger charge is -2.41. The van der Waals surface area contributed by atoms with Crippen LogP contribution >= 0.6 is 0 Å². The molecule has 1 aromatic carbocycles. The minimum absolute atomic E-state index is 0.0407. The molecule has 190 valence electrons. The van der Waals surface area contributed by atoms with Crippen molar-refractivity contribution in [1.82, 2.24) is 20.1 Å². The Morgan fingerprint density at radius 1 is 1.19 bits per heavy atom. The standard InChI is InChI=1S/C27H32N4O5/c1-35-22-7-2-5-19(15-22)16-24(32)30-12-9-20(10-13-30)27(21-6-3-11-28-17-21)25(33)31(26(34)29-27)18-23-8-4-14-36-23/h2-3,5-7,11,15,17,20,23H,4,8-10,12-14,16,18H2,1H3,(H,29,34)/t23-,27-/m1/s1. The van der Waals surface area contributed by atoms with Crippen molar-refractivity contribution in [1.29, 1.82) is 0 Å². The molecule has 0 unspecified atom stereocenters. The Morgan fingerprint density at radius 2 is 2.03 bits per heavy atom. The van der Waals surface area contributed by atoms with Gasteiger partial charge in [0.2, 0.25) is 5.91 Å². The number of rotatable bonds is 7. The molecule has 4 amide bonds. The summed E-state index contributed by atoms with van der Waals surface area (Å²) in [7, 11) is 1.61. The second kappa shape index (κ2) is 10.3. The van der Waals surface area contributed by atoms with E-state index < -0.39 is 11.6 Å². The van der Waals surface area contributed by atoms with Crippen LogP contribution in [-0.4, -0.2) is 72.1 Å². The van der Waals surface area contributed by atoms with Crippen molar-refractivity contribution in [3.05, 3.63) is 59.9 Å². The molecule has 3 aliphatic heterocycles. The average molecular weight is 493 g/mol. The van der Waals surface area contributed by atoms with Gasteiger partial charge in [0, 0.05) is 37.7 Å². The molecule has 4 heterocycles. The predicted molar refractivity (Wildman–Crippen MR) is 131 cm³/mol. The molecule has 9 nitrogen and oxygen atoms in total. The molecule has 5 rings (SSSR count). The lowest BCUT2D eigenvalue weighted by Crippen LogP contribution is -2.54. The number of hydrogen-bond acceptors (Lipinski definition) is 6. The second-order valence-electron chi connectivity index (χ2n) is 9.71. The molecule has 1 aromatic heterocycles. The third-order valence-corrected chi connectivity index (χ3v) is 7.61. The number of carbonyl (C=O) groups is 3. The van der Waals surface area contributed by atoms with E-state index in [0.29, 0.717) is 44.5 Å². The first kappa shape index (κ1) is 24.2. The quantitative estimate of drug-likeness (QED) is 0.596. The third kappa shape index (κ3) is 4.55. The first-order valence-electron chi connectivity index (χ1n) is 12.6. The van der Waals surface area contributed by atoms with Crippen LogP contribution < -0.4 is 10.1 Å². The number of methoxy groups -OCH3 is 1. The molecule has 2 atom stereocenters. The second-order valence-corrected chi connectivity index (χ2v) is 9.71. The first-order chi connectivity index (χ1) is 17.5. The highest BCUT2D eigenvalue weighted by atomic mass is 16.5. The lowest BCUT2D eigenvalue weighted by atomic mass is 9.73. The van der Waals surface area contributed by atoms with Crippen LogP contribution in [0.15, 0.2) is 48.8 Å². The van der Waals surface area contributed by atoms with Crippen molar-refractivity contribution < 1.29 is 23.9 Å². The zero-order chi connectivity index (χ0) is 25.1. The maximum atomic E-state index is 13.9. The van der Waals surface area contributed by atoms with Crippen LogP contribution in [0.25, 0.3) is 0 Å². The van der Waals surface area contributed by atoms with Crippen molar-refractivity contribution in [2.24, 2.45) is 5.92 Å². The van der Waals surface area contributed by atoms with Gasteiger partial charge in [-0.1, -0.05) is 18.2 Å². The molecular weight excluding hydrogens is 460 g/mol. The Balaban J connectivity index is 1.32. The van der Waals surface area contributed by atoms with Gasteiger partial charge in [-0.3, -0.25) is 19.5 Å². The monoisotopic (exact) mass is 492 g/mol. The fourth-order valence-electron chi connectivity index (χ4n) is 5.69. The number of pyridine rings is 1. The Hall–Kier alpha value is -3.46. The zero-order valence-corrected chi connectivity index (χ0v) is 20.5. The van der Waals surface area contributed by atoms with Gasteiger partial charge in [0.1, 0.15) is 5.75 Å². The van der Waals surface area contributed by atoms with E-state index in [1.165, 1.54) is 4.90 Å². The van der Waals surface area contributed by atoms with E-state index in [1.807, 2.05) is 35.2 Å². The van der Waals surface area contributed by atoms with E-state index in [0.717, 1.165) is 24.2 Å². The highest BCUT2D eigenvalue weighted by molar-refractivity contribution is 6.07. The van der Waals surface area contributed by atoms with Gasteiger partial charge in [-0.05, 0) is 55.4 Å². The van der Waals surface area contributed by atoms with Crippen LogP contribution in [0.3, 0.4) is 0 Å². The average Bonchev–Trinajstić information content (AvgIpc) is 3.52. The fraction of sp³-hybridized carbons (Fsp3) is 0.481. The number of benzene rings is 1. The van der Waals surface area contributed by atoms with Crippen LogP contribution in [0.1, 0.15) is 36.8 Å². The molecule has 0 radical (unpaired) electrons. The van der Waals surface area contributed by atoms with E-state index in [9.17, 15) is 14.4 Å². The number of amides is 4. The van der Waals surface area contributed by atoms with Crippen molar-refractivity contribution in [3.8, 4) is 5.75 Å².